The molecule has 104 valence electrons. The van der Waals surface area contributed by atoms with Crippen molar-refractivity contribution in [1.82, 2.24) is 9.55 Å². The number of nitrogens with one attached hydrogen (secondary N) is 1. The molecule has 3 aromatic rings. The minimum atomic E-state index is 0.248. The SMILES string of the molecule is CC(C)C(c1cccs1)n1c(=S)[nH]c2cc(Cl)ccc21. The van der Waals surface area contributed by atoms with Crippen molar-refractivity contribution in [3.63, 3.8) is 0 Å². The van der Waals surface area contributed by atoms with Crippen molar-refractivity contribution in [3.05, 3.63) is 50.4 Å². The summed E-state index contributed by atoms with van der Waals surface area (Å²) in [5.74, 6) is 0.454. The lowest BCUT2D eigenvalue weighted by Crippen LogP contribution is -2.15. The molecule has 0 bridgehead atoms. The Balaban J connectivity index is 2.26. The van der Waals surface area contributed by atoms with E-state index >= 15 is 0 Å². The predicted molar refractivity (Wildman–Crippen MR) is 89.4 cm³/mol. The van der Waals surface area contributed by atoms with Gasteiger partial charge >= 0.3 is 0 Å². The fraction of sp³-hybridized carbons (Fsp3) is 0.267. The third kappa shape index (κ3) is 2.32. The molecule has 0 radical (unpaired) electrons. The number of H-pyrrole nitrogens is 1. The standard InChI is InChI=1S/C15H15ClN2S2/c1-9(2)14(13-4-3-7-20-13)18-12-6-5-10(16)8-11(12)17-15(18)19/h3-9,14H,1-2H3,(H,17,19). The van der Waals surface area contributed by atoms with Crippen molar-refractivity contribution in [2.45, 2.75) is 19.9 Å². The van der Waals surface area contributed by atoms with Crippen LogP contribution in [0.5, 0.6) is 0 Å². The molecule has 0 aliphatic carbocycles. The van der Waals surface area contributed by atoms with Crippen LogP contribution in [0.3, 0.4) is 0 Å². The van der Waals surface area contributed by atoms with Gasteiger partial charge in [0, 0.05) is 9.90 Å². The van der Waals surface area contributed by atoms with E-state index in [0.29, 0.717) is 5.92 Å². The average Bonchev–Trinajstić information content (AvgIpc) is 2.98. The maximum absolute atomic E-state index is 6.06. The Kier molecular flexibility index (Phi) is 3.71. The first kappa shape index (κ1) is 13.9. The molecule has 0 spiro atoms. The van der Waals surface area contributed by atoms with E-state index in [2.05, 4.69) is 40.9 Å². The zero-order valence-electron chi connectivity index (χ0n) is 11.3. The van der Waals surface area contributed by atoms with Gasteiger partial charge < -0.3 is 9.55 Å². The number of benzene rings is 1. The minimum Gasteiger partial charge on any atom is -0.331 e. The fourth-order valence-corrected chi connectivity index (χ4v) is 4.08. The van der Waals surface area contributed by atoms with E-state index in [0.717, 1.165) is 20.8 Å². The maximum atomic E-state index is 6.06. The van der Waals surface area contributed by atoms with Crippen molar-refractivity contribution < 1.29 is 0 Å². The summed E-state index contributed by atoms with van der Waals surface area (Å²) in [5, 5.41) is 2.83. The van der Waals surface area contributed by atoms with Crippen LogP contribution in [-0.2, 0) is 0 Å². The summed E-state index contributed by atoms with van der Waals surface area (Å²) in [4.78, 5) is 4.59. The smallest absolute Gasteiger partial charge is 0.178 e. The first-order valence-electron chi connectivity index (χ1n) is 6.51. The van der Waals surface area contributed by atoms with Crippen LogP contribution in [0.1, 0.15) is 24.8 Å². The molecular formula is C15H15ClN2S2. The first-order chi connectivity index (χ1) is 9.58. The Hall–Kier alpha value is -1.10. The van der Waals surface area contributed by atoms with Gasteiger partial charge in [-0.05, 0) is 47.8 Å². The van der Waals surface area contributed by atoms with Gasteiger partial charge in [-0.1, -0.05) is 31.5 Å². The van der Waals surface area contributed by atoms with Crippen molar-refractivity contribution in [3.8, 4) is 0 Å². The van der Waals surface area contributed by atoms with Crippen molar-refractivity contribution >= 4 is 46.2 Å². The van der Waals surface area contributed by atoms with Crippen LogP contribution in [-0.4, -0.2) is 9.55 Å². The monoisotopic (exact) mass is 322 g/mol. The highest BCUT2D eigenvalue weighted by Gasteiger charge is 2.22. The summed E-state index contributed by atoms with van der Waals surface area (Å²) in [6, 6.07) is 10.4. The Labute approximate surface area is 132 Å². The number of aromatic amines is 1. The van der Waals surface area contributed by atoms with Crippen LogP contribution < -0.4 is 0 Å². The number of rotatable bonds is 3. The molecule has 1 unspecified atom stereocenters. The van der Waals surface area contributed by atoms with Gasteiger partial charge in [-0.25, -0.2) is 0 Å². The molecule has 0 amide bonds. The third-order valence-electron chi connectivity index (χ3n) is 3.42. The zero-order chi connectivity index (χ0) is 14.3. The quantitative estimate of drug-likeness (QED) is 0.617. The number of aromatic nitrogens is 2. The molecule has 2 aromatic heterocycles. The van der Waals surface area contributed by atoms with Gasteiger partial charge in [0.2, 0.25) is 0 Å². The molecule has 0 saturated carbocycles. The molecule has 3 rings (SSSR count). The molecule has 2 nitrogen and oxygen atoms in total. The summed E-state index contributed by atoms with van der Waals surface area (Å²) < 4.78 is 2.95. The molecule has 1 aromatic carbocycles. The lowest BCUT2D eigenvalue weighted by atomic mass is 10.0. The fourth-order valence-electron chi connectivity index (χ4n) is 2.59. The van der Waals surface area contributed by atoms with E-state index in [1.54, 1.807) is 11.3 Å². The second kappa shape index (κ2) is 5.35. The van der Waals surface area contributed by atoms with Gasteiger partial charge in [-0.15, -0.1) is 11.3 Å². The van der Waals surface area contributed by atoms with E-state index in [-0.39, 0.29) is 6.04 Å². The number of fused-ring (bicyclic) bond motifs is 1. The van der Waals surface area contributed by atoms with Crippen LogP contribution in [0, 0.1) is 10.7 Å². The molecule has 5 heteroatoms. The molecule has 0 fully saturated rings. The number of nitrogens with zero attached hydrogens (tertiary/aromatic N) is 1. The van der Waals surface area contributed by atoms with Crippen LogP contribution >= 0.6 is 35.2 Å². The second-order valence-electron chi connectivity index (χ2n) is 5.17. The van der Waals surface area contributed by atoms with Crippen molar-refractivity contribution in [2.75, 3.05) is 0 Å². The molecule has 0 saturated heterocycles. The Morgan fingerprint density at radius 2 is 2.10 bits per heavy atom. The van der Waals surface area contributed by atoms with E-state index in [1.165, 1.54) is 4.88 Å². The molecule has 1 N–H and O–H groups in total. The summed E-state index contributed by atoms with van der Waals surface area (Å²) in [7, 11) is 0. The predicted octanol–water partition coefficient (Wildman–Crippen LogP) is 5.66. The van der Waals surface area contributed by atoms with E-state index in [1.807, 2.05) is 18.2 Å². The molecule has 0 aliphatic rings. The number of halogens is 1. The minimum absolute atomic E-state index is 0.248. The number of thiophene rings is 1. The first-order valence-corrected chi connectivity index (χ1v) is 8.17. The largest absolute Gasteiger partial charge is 0.331 e. The second-order valence-corrected chi connectivity index (χ2v) is 6.97. The lowest BCUT2D eigenvalue weighted by Gasteiger charge is -2.22. The van der Waals surface area contributed by atoms with E-state index < -0.39 is 0 Å². The Morgan fingerprint density at radius 3 is 2.75 bits per heavy atom. The zero-order valence-corrected chi connectivity index (χ0v) is 13.6. The summed E-state index contributed by atoms with van der Waals surface area (Å²) >= 11 is 13.4. The molecule has 1 atom stereocenters. The van der Waals surface area contributed by atoms with Gasteiger partial charge in [0.15, 0.2) is 4.77 Å². The Morgan fingerprint density at radius 1 is 1.30 bits per heavy atom. The van der Waals surface area contributed by atoms with E-state index in [4.69, 9.17) is 23.8 Å². The normalized spacial score (nSPS) is 13.2. The summed E-state index contributed by atoms with van der Waals surface area (Å²) in [6.07, 6.45) is 0. The van der Waals surface area contributed by atoms with Gasteiger partial charge in [0.1, 0.15) is 0 Å². The highest BCUT2D eigenvalue weighted by molar-refractivity contribution is 7.71. The maximum Gasteiger partial charge on any atom is 0.178 e. The number of hydrogen-bond acceptors (Lipinski definition) is 2. The van der Waals surface area contributed by atoms with Crippen LogP contribution in [0.2, 0.25) is 5.02 Å². The highest BCUT2D eigenvalue weighted by atomic mass is 35.5. The molecule has 2 heterocycles. The van der Waals surface area contributed by atoms with E-state index in [9.17, 15) is 0 Å². The van der Waals surface area contributed by atoms with Crippen molar-refractivity contribution in [2.24, 2.45) is 5.92 Å². The summed E-state index contributed by atoms with van der Waals surface area (Å²) in [6.45, 7) is 4.45. The van der Waals surface area contributed by atoms with Gasteiger partial charge in [0.25, 0.3) is 0 Å². The molecule has 0 aliphatic heterocycles. The number of imidazole rings is 1. The van der Waals surface area contributed by atoms with Gasteiger partial charge in [-0.2, -0.15) is 0 Å². The average molecular weight is 323 g/mol. The number of hydrogen-bond donors (Lipinski definition) is 1. The highest BCUT2D eigenvalue weighted by Crippen LogP contribution is 2.33. The third-order valence-corrected chi connectivity index (χ3v) is 4.90. The van der Waals surface area contributed by atoms with Crippen LogP contribution in [0.15, 0.2) is 35.7 Å². The summed E-state index contributed by atoms with van der Waals surface area (Å²) in [5.41, 5.74) is 2.09. The Bertz CT molecular complexity index is 784. The van der Waals surface area contributed by atoms with Gasteiger partial charge in [0.05, 0.1) is 17.1 Å². The van der Waals surface area contributed by atoms with Crippen LogP contribution in [0.25, 0.3) is 11.0 Å². The molecule has 20 heavy (non-hydrogen) atoms. The van der Waals surface area contributed by atoms with Crippen molar-refractivity contribution in [1.29, 1.82) is 0 Å². The van der Waals surface area contributed by atoms with Gasteiger partial charge in [-0.3, -0.25) is 0 Å². The lowest BCUT2D eigenvalue weighted by molar-refractivity contribution is 0.449. The molecular weight excluding hydrogens is 308 g/mol. The topological polar surface area (TPSA) is 20.7 Å². The van der Waals surface area contributed by atoms with Crippen LogP contribution in [0.4, 0.5) is 0 Å².